The van der Waals surface area contributed by atoms with Crippen molar-refractivity contribution in [2.75, 3.05) is 18.0 Å². The highest BCUT2D eigenvalue weighted by atomic mass is 79.9. The molecule has 5 heteroatoms. The van der Waals surface area contributed by atoms with Gasteiger partial charge in [0.25, 0.3) is 0 Å². The van der Waals surface area contributed by atoms with Crippen LogP contribution >= 0.6 is 15.9 Å². The van der Waals surface area contributed by atoms with E-state index in [1.807, 2.05) is 30.3 Å². The predicted molar refractivity (Wildman–Crippen MR) is 73.1 cm³/mol. The van der Waals surface area contributed by atoms with Crippen molar-refractivity contribution in [3.05, 3.63) is 41.1 Å². The Hall–Kier alpha value is -1.62. The number of aromatic nitrogens is 2. The third kappa shape index (κ3) is 2.31. The molecular weight excluding hydrogens is 294 g/mol. The Kier molecular flexibility index (Phi) is 3.15. The number of halogens is 1. The average Bonchev–Trinajstić information content (AvgIpc) is 2.31. The summed E-state index contributed by atoms with van der Waals surface area (Å²) in [6.07, 6.45) is 2.77. The van der Waals surface area contributed by atoms with Crippen LogP contribution in [0.25, 0.3) is 0 Å². The smallest absolute Gasteiger partial charge is 0.224 e. The SMILES string of the molecule is Brc1ccccc1Oc1cc(N2CCC2)ncn1. The molecule has 0 amide bonds. The summed E-state index contributed by atoms with van der Waals surface area (Å²) < 4.78 is 6.66. The molecule has 0 bridgehead atoms. The Labute approximate surface area is 114 Å². The van der Waals surface area contributed by atoms with Crippen LogP contribution < -0.4 is 9.64 Å². The summed E-state index contributed by atoms with van der Waals surface area (Å²) in [4.78, 5) is 10.6. The molecule has 0 saturated carbocycles. The highest BCUT2D eigenvalue weighted by Crippen LogP contribution is 2.29. The Balaban J connectivity index is 1.82. The fraction of sp³-hybridized carbons (Fsp3) is 0.231. The Morgan fingerprint density at radius 2 is 2.00 bits per heavy atom. The van der Waals surface area contributed by atoms with Gasteiger partial charge in [-0.1, -0.05) is 12.1 Å². The van der Waals surface area contributed by atoms with Crippen molar-refractivity contribution in [2.45, 2.75) is 6.42 Å². The van der Waals surface area contributed by atoms with Crippen molar-refractivity contribution in [2.24, 2.45) is 0 Å². The quantitative estimate of drug-likeness (QED) is 0.872. The van der Waals surface area contributed by atoms with Gasteiger partial charge in [-0.3, -0.25) is 0 Å². The summed E-state index contributed by atoms with van der Waals surface area (Å²) in [6.45, 7) is 2.12. The van der Waals surface area contributed by atoms with E-state index in [0.717, 1.165) is 29.1 Å². The standard InChI is InChI=1S/C13H12BrN3O/c14-10-4-1-2-5-11(10)18-13-8-12(15-9-16-13)17-6-3-7-17/h1-2,4-5,8-9H,3,6-7H2. The van der Waals surface area contributed by atoms with Crippen LogP contribution in [0.2, 0.25) is 0 Å². The fourth-order valence-corrected chi connectivity index (χ4v) is 2.11. The highest BCUT2D eigenvalue weighted by molar-refractivity contribution is 9.10. The molecule has 1 fully saturated rings. The largest absolute Gasteiger partial charge is 0.438 e. The summed E-state index contributed by atoms with van der Waals surface area (Å²) in [5.41, 5.74) is 0. The second-order valence-electron chi connectivity index (χ2n) is 4.09. The zero-order valence-corrected chi connectivity index (χ0v) is 11.3. The van der Waals surface area contributed by atoms with Gasteiger partial charge in [0.05, 0.1) is 4.47 Å². The van der Waals surface area contributed by atoms with Crippen LogP contribution in [-0.4, -0.2) is 23.1 Å². The molecule has 1 aromatic heterocycles. The van der Waals surface area contributed by atoms with Gasteiger partial charge in [-0.05, 0) is 34.5 Å². The number of anilines is 1. The van der Waals surface area contributed by atoms with E-state index in [2.05, 4.69) is 30.8 Å². The molecule has 0 radical (unpaired) electrons. The summed E-state index contributed by atoms with van der Waals surface area (Å²) in [7, 11) is 0. The lowest BCUT2D eigenvalue weighted by atomic mass is 10.2. The first-order valence-electron chi connectivity index (χ1n) is 5.82. The summed E-state index contributed by atoms with van der Waals surface area (Å²) >= 11 is 3.45. The lowest BCUT2D eigenvalue weighted by molar-refractivity contribution is 0.457. The molecule has 1 aromatic carbocycles. The van der Waals surface area contributed by atoms with Crippen molar-refractivity contribution in [1.29, 1.82) is 0 Å². The van der Waals surface area contributed by atoms with E-state index in [1.54, 1.807) is 6.33 Å². The first-order valence-corrected chi connectivity index (χ1v) is 6.61. The molecule has 1 saturated heterocycles. The van der Waals surface area contributed by atoms with Crippen molar-refractivity contribution >= 4 is 21.7 Å². The maximum atomic E-state index is 5.74. The predicted octanol–water partition coefficient (Wildman–Crippen LogP) is 3.24. The molecule has 0 atom stereocenters. The van der Waals surface area contributed by atoms with E-state index in [0.29, 0.717) is 5.88 Å². The molecule has 92 valence electrons. The van der Waals surface area contributed by atoms with Gasteiger partial charge in [-0.25, -0.2) is 9.97 Å². The van der Waals surface area contributed by atoms with Gasteiger partial charge in [-0.2, -0.15) is 0 Å². The number of benzene rings is 1. The second-order valence-corrected chi connectivity index (χ2v) is 4.94. The maximum absolute atomic E-state index is 5.74. The van der Waals surface area contributed by atoms with Gasteiger partial charge < -0.3 is 9.64 Å². The molecule has 2 aromatic rings. The minimum absolute atomic E-state index is 0.568. The maximum Gasteiger partial charge on any atom is 0.224 e. The van der Waals surface area contributed by atoms with Gasteiger partial charge in [0.2, 0.25) is 5.88 Å². The molecule has 0 N–H and O–H groups in total. The van der Waals surface area contributed by atoms with Crippen molar-refractivity contribution in [3.63, 3.8) is 0 Å². The summed E-state index contributed by atoms with van der Waals surface area (Å²) in [6, 6.07) is 9.58. The molecule has 18 heavy (non-hydrogen) atoms. The molecule has 1 aliphatic rings. The molecule has 2 heterocycles. The topological polar surface area (TPSA) is 38.2 Å². The molecule has 0 spiro atoms. The second kappa shape index (κ2) is 4.94. The lowest BCUT2D eigenvalue weighted by Crippen LogP contribution is -2.37. The van der Waals surface area contributed by atoms with Crippen LogP contribution in [0.5, 0.6) is 11.6 Å². The number of hydrogen-bond donors (Lipinski definition) is 0. The van der Waals surface area contributed by atoms with Crippen LogP contribution in [0.3, 0.4) is 0 Å². The van der Waals surface area contributed by atoms with Crippen LogP contribution in [-0.2, 0) is 0 Å². The van der Waals surface area contributed by atoms with Gasteiger partial charge in [0.15, 0.2) is 0 Å². The van der Waals surface area contributed by atoms with E-state index in [4.69, 9.17) is 4.74 Å². The summed E-state index contributed by atoms with van der Waals surface area (Å²) in [5, 5.41) is 0. The van der Waals surface area contributed by atoms with Crippen LogP contribution in [0.15, 0.2) is 41.1 Å². The van der Waals surface area contributed by atoms with Crippen LogP contribution in [0.1, 0.15) is 6.42 Å². The number of hydrogen-bond acceptors (Lipinski definition) is 4. The molecular formula is C13H12BrN3O. The van der Waals surface area contributed by atoms with E-state index in [1.165, 1.54) is 6.42 Å². The zero-order valence-electron chi connectivity index (χ0n) is 9.71. The van der Waals surface area contributed by atoms with Crippen molar-refractivity contribution < 1.29 is 4.74 Å². The van der Waals surface area contributed by atoms with E-state index in [9.17, 15) is 0 Å². The van der Waals surface area contributed by atoms with Gasteiger partial charge in [0.1, 0.15) is 17.9 Å². The minimum Gasteiger partial charge on any atom is -0.438 e. The Bertz CT molecular complexity index is 557. The van der Waals surface area contributed by atoms with Crippen molar-refractivity contribution in [1.82, 2.24) is 9.97 Å². The summed E-state index contributed by atoms with van der Waals surface area (Å²) in [5.74, 6) is 2.25. The fourth-order valence-electron chi connectivity index (χ4n) is 1.74. The Morgan fingerprint density at radius 3 is 2.72 bits per heavy atom. The lowest BCUT2D eigenvalue weighted by Gasteiger charge is -2.31. The number of para-hydroxylation sites is 1. The monoisotopic (exact) mass is 305 g/mol. The van der Waals surface area contributed by atoms with E-state index >= 15 is 0 Å². The average molecular weight is 306 g/mol. The third-order valence-corrected chi connectivity index (χ3v) is 3.51. The molecule has 0 aliphatic carbocycles. The van der Waals surface area contributed by atoms with Crippen LogP contribution in [0, 0.1) is 0 Å². The number of nitrogens with zero attached hydrogens (tertiary/aromatic N) is 3. The number of ether oxygens (including phenoxy) is 1. The van der Waals surface area contributed by atoms with Crippen molar-refractivity contribution in [3.8, 4) is 11.6 Å². The van der Waals surface area contributed by atoms with Gasteiger partial charge in [-0.15, -0.1) is 0 Å². The first-order chi connectivity index (χ1) is 8.83. The molecule has 1 aliphatic heterocycles. The molecule has 0 unspecified atom stereocenters. The van der Waals surface area contributed by atoms with E-state index < -0.39 is 0 Å². The molecule has 3 rings (SSSR count). The number of rotatable bonds is 3. The van der Waals surface area contributed by atoms with Gasteiger partial charge in [0, 0.05) is 19.2 Å². The minimum atomic E-state index is 0.568. The highest BCUT2D eigenvalue weighted by Gasteiger charge is 2.16. The Morgan fingerprint density at radius 1 is 1.17 bits per heavy atom. The van der Waals surface area contributed by atoms with Crippen LogP contribution in [0.4, 0.5) is 5.82 Å². The zero-order chi connectivity index (χ0) is 12.4. The van der Waals surface area contributed by atoms with Gasteiger partial charge >= 0.3 is 0 Å². The first kappa shape index (κ1) is 11.5. The third-order valence-electron chi connectivity index (χ3n) is 2.86. The van der Waals surface area contributed by atoms with E-state index in [-0.39, 0.29) is 0 Å². The molecule has 4 nitrogen and oxygen atoms in total. The normalized spacial score (nSPS) is 14.2.